The molecule has 1 aliphatic heterocycles. The van der Waals surface area contributed by atoms with Gasteiger partial charge in [-0.15, -0.1) is 0 Å². The Kier molecular flexibility index (Phi) is 5.89. The van der Waals surface area contributed by atoms with Crippen LogP contribution in [0.3, 0.4) is 0 Å². The van der Waals surface area contributed by atoms with E-state index in [9.17, 15) is 14.0 Å². The van der Waals surface area contributed by atoms with Gasteiger partial charge >= 0.3 is 0 Å². The van der Waals surface area contributed by atoms with Crippen molar-refractivity contribution in [1.29, 1.82) is 0 Å². The maximum atomic E-state index is 12.9. The van der Waals surface area contributed by atoms with Crippen molar-refractivity contribution >= 4 is 23.4 Å². The molecule has 2 aromatic rings. The number of carbonyl (C=O) groups is 2. The van der Waals surface area contributed by atoms with E-state index in [2.05, 4.69) is 5.32 Å². The summed E-state index contributed by atoms with van der Waals surface area (Å²) >= 11 is 6.11. The molecule has 1 fully saturated rings. The number of benzene rings is 2. The minimum absolute atomic E-state index is 0.0917. The van der Waals surface area contributed by atoms with Gasteiger partial charge in [0, 0.05) is 19.6 Å². The Labute approximate surface area is 157 Å². The third-order valence-corrected chi connectivity index (χ3v) is 4.89. The van der Waals surface area contributed by atoms with Crippen LogP contribution in [-0.4, -0.2) is 29.8 Å². The van der Waals surface area contributed by atoms with Gasteiger partial charge in [0.2, 0.25) is 5.91 Å². The van der Waals surface area contributed by atoms with E-state index in [1.807, 2.05) is 0 Å². The first-order chi connectivity index (χ1) is 12.5. The fourth-order valence-electron chi connectivity index (χ4n) is 3.12. The Hall–Kier alpha value is -2.40. The van der Waals surface area contributed by atoms with Crippen molar-refractivity contribution in [3.05, 3.63) is 70.5 Å². The molecule has 4 nitrogen and oxygen atoms in total. The number of nitrogens with one attached hydrogen (secondary N) is 1. The molecular formula is C20H20ClFN2O2. The van der Waals surface area contributed by atoms with E-state index < -0.39 is 0 Å². The van der Waals surface area contributed by atoms with Gasteiger partial charge in [-0.05, 0) is 42.7 Å². The van der Waals surface area contributed by atoms with Crippen molar-refractivity contribution in [3.8, 4) is 0 Å². The molecule has 0 spiro atoms. The van der Waals surface area contributed by atoms with Crippen molar-refractivity contribution in [3.63, 3.8) is 0 Å². The first-order valence-corrected chi connectivity index (χ1v) is 8.98. The zero-order valence-electron chi connectivity index (χ0n) is 14.3. The maximum absolute atomic E-state index is 12.9. The van der Waals surface area contributed by atoms with E-state index in [4.69, 9.17) is 11.6 Å². The van der Waals surface area contributed by atoms with Crippen LogP contribution in [-0.2, 0) is 11.3 Å². The summed E-state index contributed by atoms with van der Waals surface area (Å²) in [6.07, 6.45) is 1.51. The molecule has 2 aromatic carbocycles. The van der Waals surface area contributed by atoms with Gasteiger partial charge in [0.1, 0.15) is 5.82 Å². The summed E-state index contributed by atoms with van der Waals surface area (Å²) in [5.74, 6) is -0.797. The number of nitrogens with zero attached hydrogens (tertiary/aromatic N) is 1. The second-order valence-corrected chi connectivity index (χ2v) is 6.82. The highest BCUT2D eigenvalue weighted by atomic mass is 35.5. The molecule has 6 heteroatoms. The minimum atomic E-state index is -0.305. The van der Waals surface area contributed by atoms with E-state index in [0.717, 1.165) is 18.4 Å². The molecule has 0 saturated carbocycles. The molecule has 1 saturated heterocycles. The molecule has 1 aliphatic rings. The predicted octanol–water partition coefficient (Wildman–Crippen LogP) is 3.65. The van der Waals surface area contributed by atoms with Gasteiger partial charge in [-0.3, -0.25) is 9.59 Å². The largest absolute Gasteiger partial charge is 0.352 e. The molecule has 0 aromatic heterocycles. The molecule has 1 atom stereocenters. The topological polar surface area (TPSA) is 49.4 Å². The van der Waals surface area contributed by atoms with Crippen LogP contribution >= 0.6 is 11.6 Å². The van der Waals surface area contributed by atoms with E-state index in [1.165, 1.54) is 12.1 Å². The summed E-state index contributed by atoms with van der Waals surface area (Å²) in [6, 6.07) is 13.0. The number of halogens is 2. The Morgan fingerprint density at radius 1 is 1.15 bits per heavy atom. The third-order valence-electron chi connectivity index (χ3n) is 4.56. The fraction of sp³-hybridized carbons (Fsp3) is 0.300. The molecular weight excluding hydrogens is 355 g/mol. The number of hydrogen-bond donors (Lipinski definition) is 1. The quantitative estimate of drug-likeness (QED) is 0.888. The fourth-order valence-corrected chi connectivity index (χ4v) is 3.33. The first kappa shape index (κ1) is 18.4. The zero-order chi connectivity index (χ0) is 18.5. The predicted molar refractivity (Wildman–Crippen MR) is 98.3 cm³/mol. The molecule has 3 rings (SSSR count). The van der Waals surface area contributed by atoms with Crippen molar-refractivity contribution in [1.82, 2.24) is 10.2 Å². The van der Waals surface area contributed by atoms with Gasteiger partial charge < -0.3 is 10.2 Å². The normalized spacial score (nSPS) is 17.0. The number of likely N-dealkylation sites (tertiary alicyclic amines) is 1. The summed E-state index contributed by atoms with van der Waals surface area (Å²) in [5, 5.41) is 3.29. The molecule has 26 heavy (non-hydrogen) atoms. The van der Waals surface area contributed by atoms with Gasteiger partial charge in [0.05, 0.1) is 16.5 Å². The van der Waals surface area contributed by atoms with E-state index >= 15 is 0 Å². The lowest BCUT2D eigenvalue weighted by Gasteiger charge is -2.32. The molecule has 1 N–H and O–H groups in total. The summed E-state index contributed by atoms with van der Waals surface area (Å²) < 4.78 is 12.9. The molecule has 0 aliphatic carbocycles. The first-order valence-electron chi connectivity index (χ1n) is 8.60. The zero-order valence-corrected chi connectivity index (χ0v) is 15.0. The van der Waals surface area contributed by atoms with Gasteiger partial charge in [0.25, 0.3) is 5.91 Å². The number of rotatable bonds is 4. The Morgan fingerprint density at radius 2 is 1.88 bits per heavy atom. The lowest BCUT2D eigenvalue weighted by molar-refractivity contribution is -0.126. The molecule has 1 heterocycles. The molecule has 0 radical (unpaired) electrons. The van der Waals surface area contributed by atoms with Crippen molar-refractivity contribution in [2.75, 3.05) is 13.1 Å². The van der Waals surface area contributed by atoms with Crippen molar-refractivity contribution < 1.29 is 14.0 Å². The number of amides is 2. The Morgan fingerprint density at radius 3 is 2.62 bits per heavy atom. The SMILES string of the molecule is O=C(NCc1ccc(F)cc1)[C@H]1CCCN(C(=O)c2ccccc2Cl)C1. The average molecular weight is 375 g/mol. The lowest BCUT2D eigenvalue weighted by atomic mass is 9.96. The lowest BCUT2D eigenvalue weighted by Crippen LogP contribution is -2.45. The highest BCUT2D eigenvalue weighted by Gasteiger charge is 2.29. The van der Waals surface area contributed by atoms with Crippen LogP contribution in [0.4, 0.5) is 4.39 Å². The monoisotopic (exact) mass is 374 g/mol. The van der Waals surface area contributed by atoms with E-state index in [1.54, 1.807) is 41.3 Å². The van der Waals surface area contributed by atoms with Gasteiger partial charge in [0.15, 0.2) is 0 Å². The number of piperidine rings is 1. The second kappa shape index (κ2) is 8.32. The van der Waals surface area contributed by atoms with Crippen LogP contribution in [0.5, 0.6) is 0 Å². The third kappa shape index (κ3) is 4.41. The summed E-state index contributed by atoms with van der Waals surface area (Å²) in [7, 11) is 0. The molecule has 0 unspecified atom stereocenters. The number of carbonyl (C=O) groups excluding carboxylic acids is 2. The summed E-state index contributed by atoms with van der Waals surface area (Å²) in [5.41, 5.74) is 1.29. The maximum Gasteiger partial charge on any atom is 0.255 e. The van der Waals surface area contributed by atoms with Crippen molar-refractivity contribution in [2.24, 2.45) is 5.92 Å². The average Bonchev–Trinajstić information content (AvgIpc) is 2.67. The Bertz CT molecular complexity index is 795. The highest BCUT2D eigenvalue weighted by Crippen LogP contribution is 2.22. The smallest absolute Gasteiger partial charge is 0.255 e. The van der Waals surface area contributed by atoms with Crippen LogP contribution in [0.15, 0.2) is 48.5 Å². The second-order valence-electron chi connectivity index (χ2n) is 6.41. The van der Waals surface area contributed by atoms with Gasteiger partial charge in [-0.25, -0.2) is 4.39 Å². The number of hydrogen-bond acceptors (Lipinski definition) is 2. The van der Waals surface area contributed by atoms with Crippen LogP contribution < -0.4 is 5.32 Å². The van der Waals surface area contributed by atoms with Crippen LogP contribution in [0.2, 0.25) is 5.02 Å². The molecule has 2 amide bonds. The van der Waals surface area contributed by atoms with Crippen molar-refractivity contribution in [2.45, 2.75) is 19.4 Å². The van der Waals surface area contributed by atoms with Crippen LogP contribution in [0.25, 0.3) is 0 Å². The highest BCUT2D eigenvalue weighted by molar-refractivity contribution is 6.33. The van der Waals surface area contributed by atoms with Gasteiger partial charge in [-0.1, -0.05) is 35.9 Å². The summed E-state index contributed by atoms with van der Waals surface area (Å²) in [4.78, 5) is 26.8. The minimum Gasteiger partial charge on any atom is -0.352 e. The molecule has 136 valence electrons. The Balaban J connectivity index is 1.59. The van der Waals surface area contributed by atoms with E-state index in [-0.39, 0.29) is 23.5 Å². The molecule has 0 bridgehead atoms. The van der Waals surface area contributed by atoms with Crippen LogP contribution in [0.1, 0.15) is 28.8 Å². The van der Waals surface area contributed by atoms with Gasteiger partial charge in [-0.2, -0.15) is 0 Å². The van der Waals surface area contributed by atoms with E-state index in [0.29, 0.717) is 30.2 Å². The van der Waals surface area contributed by atoms with Crippen LogP contribution in [0, 0.1) is 11.7 Å². The standard InChI is InChI=1S/C20H20ClFN2O2/c21-18-6-2-1-5-17(18)20(26)24-11-3-4-15(13-24)19(25)23-12-14-7-9-16(22)10-8-14/h1-2,5-10,15H,3-4,11-13H2,(H,23,25)/t15-/m0/s1. The summed E-state index contributed by atoms with van der Waals surface area (Å²) in [6.45, 7) is 1.33.